The third kappa shape index (κ3) is 8.29. The van der Waals surface area contributed by atoms with Crippen LogP contribution >= 0.6 is 0 Å². The van der Waals surface area contributed by atoms with E-state index in [0.29, 0.717) is 12.1 Å². The molecule has 4 rings (SSSR count). The second-order valence-electron chi connectivity index (χ2n) is 12.3. The van der Waals surface area contributed by atoms with E-state index in [-0.39, 0.29) is 29.3 Å². The van der Waals surface area contributed by atoms with Crippen LogP contribution in [0.15, 0.2) is 77.7 Å². The molecule has 0 bridgehead atoms. The van der Waals surface area contributed by atoms with Gasteiger partial charge in [-0.3, -0.25) is 13.9 Å². The maximum atomic E-state index is 14.3. The molecule has 0 radical (unpaired) electrons. The number of anilines is 1. The number of nitrogens with zero attached hydrogens (tertiary/aromatic N) is 2. The van der Waals surface area contributed by atoms with Gasteiger partial charge in [0.05, 0.1) is 10.6 Å². The quantitative estimate of drug-likeness (QED) is 0.240. The van der Waals surface area contributed by atoms with Gasteiger partial charge in [-0.1, -0.05) is 99.7 Å². The molecule has 1 N–H and O–H groups in total. The van der Waals surface area contributed by atoms with Gasteiger partial charge in [0.15, 0.2) is 0 Å². The number of rotatable bonds is 12. The van der Waals surface area contributed by atoms with Crippen molar-refractivity contribution in [3.63, 3.8) is 0 Å². The lowest BCUT2D eigenvalue weighted by atomic mass is 9.95. The predicted molar refractivity (Wildman–Crippen MR) is 177 cm³/mol. The zero-order valence-corrected chi connectivity index (χ0v) is 27.6. The number of amides is 2. The van der Waals surface area contributed by atoms with Gasteiger partial charge < -0.3 is 10.2 Å². The van der Waals surface area contributed by atoms with Crippen LogP contribution in [-0.4, -0.2) is 43.8 Å². The van der Waals surface area contributed by atoms with Crippen LogP contribution in [0, 0.1) is 13.8 Å². The molecule has 0 spiro atoms. The van der Waals surface area contributed by atoms with Gasteiger partial charge in [0.2, 0.25) is 11.8 Å². The van der Waals surface area contributed by atoms with Gasteiger partial charge in [-0.15, -0.1) is 0 Å². The summed E-state index contributed by atoms with van der Waals surface area (Å²) in [5, 5.41) is 3.20. The van der Waals surface area contributed by atoms with Crippen molar-refractivity contribution in [3.8, 4) is 0 Å². The molecule has 0 unspecified atom stereocenters. The minimum atomic E-state index is -4.10. The normalized spacial score (nSPS) is 14.7. The number of carbonyl (C=O) groups excluding carboxylic acids is 2. The van der Waals surface area contributed by atoms with Crippen molar-refractivity contribution in [1.82, 2.24) is 10.2 Å². The Morgan fingerprint density at radius 3 is 1.95 bits per heavy atom. The van der Waals surface area contributed by atoms with Gasteiger partial charge in [0, 0.05) is 12.6 Å². The standard InChI is InChI=1S/C36H47N3O4S/c1-6-34(36(41)37-31-10-8-7-9-11-31)38(24-29-16-12-27(4)13-17-29)35(40)25-39(32-20-18-30(19-21-32)26(2)3)44(42,43)33-22-14-28(5)15-23-33/h12-23,26,31,34H,6-11,24-25H2,1-5H3,(H,37,41)/t34-/m1/s1. The van der Waals surface area contributed by atoms with Gasteiger partial charge >= 0.3 is 0 Å². The van der Waals surface area contributed by atoms with E-state index in [2.05, 4.69) is 19.2 Å². The van der Waals surface area contributed by atoms with E-state index in [1.807, 2.05) is 57.2 Å². The Labute approximate surface area is 263 Å². The number of hydrogen-bond acceptors (Lipinski definition) is 4. The topological polar surface area (TPSA) is 86.8 Å². The molecule has 1 saturated carbocycles. The SMILES string of the molecule is CC[C@H](C(=O)NC1CCCCC1)N(Cc1ccc(C)cc1)C(=O)CN(c1ccc(C(C)C)cc1)S(=O)(=O)c1ccc(C)cc1. The summed E-state index contributed by atoms with van der Waals surface area (Å²) in [6.07, 6.45) is 5.60. The Morgan fingerprint density at radius 2 is 1.41 bits per heavy atom. The molecule has 44 heavy (non-hydrogen) atoms. The molecule has 7 nitrogen and oxygen atoms in total. The first-order chi connectivity index (χ1) is 21.0. The first-order valence-corrected chi connectivity index (χ1v) is 17.3. The monoisotopic (exact) mass is 617 g/mol. The molecule has 1 aliphatic carbocycles. The largest absolute Gasteiger partial charge is 0.352 e. The zero-order valence-electron chi connectivity index (χ0n) is 26.8. The smallest absolute Gasteiger partial charge is 0.264 e. The van der Waals surface area contributed by atoms with E-state index in [1.54, 1.807) is 41.3 Å². The molecule has 0 aromatic heterocycles. The molecular weight excluding hydrogens is 570 g/mol. The Hall–Kier alpha value is -3.65. The van der Waals surface area contributed by atoms with E-state index >= 15 is 0 Å². The van der Waals surface area contributed by atoms with Crippen molar-refractivity contribution in [2.45, 2.75) is 103 Å². The fraction of sp³-hybridized carbons (Fsp3) is 0.444. The zero-order chi connectivity index (χ0) is 31.9. The predicted octanol–water partition coefficient (Wildman–Crippen LogP) is 6.88. The highest BCUT2D eigenvalue weighted by molar-refractivity contribution is 7.92. The average Bonchev–Trinajstić information content (AvgIpc) is 3.01. The summed E-state index contributed by atoms with van der Waals surface area (Å²) in [5.41, 5.74) is 4.38. The van der Waals surface area contributed by atoms with E-state index in [1.165, 1.54) is 10.7 Å². The summed E-state index contributed by atoms with van der Waals surface area (Å²) < 4.78 is 29.4. The molecule has 0 heterocycles. The maximum absolute atomic E-state index is 14.3. The first-order valence-electron chi connectivity index (χ1n) is 15.8. The van der Waals surface area contributed by atoms with Crippen LogP contribution < -0.4 is 9.62 Å². The van der Waals surface area contributed by atoms with Crippen LogP contribution in [0.3, 0.4) is 0 Å². The van der Waals surface area contributed by atoms with Crippen molar-refractivity contribution in [3.05, 3.63) is 95.1 Å². The van der Waals surface area contributed by atoms with Crippen molar-refractivity contribution >= 4 is 27.5 Å². The fourth-order valence-electron chi connectivity index (χ4n) is 5.75. The summed E-state index contributed by atoms with van der Waals surface area (Å²) in [6, 6.07) is 21.2. The fourth-order valence-corrected chi connectivity index (χ4v) is 7.16. The molecule has 236 valence electrons. The second kappa shape index (κ2) is 14.9. The lowest BCUT2D eigenvalue weighted by Gasteiger charge is -2.34. The van der Waals surface area contributed by atoms with Crippen molar-refractivity contribution in [2.75, 3.05) is 10.8 Å². The van der Waals surface area contributed by atoms with Crippen LogP contribution in [0.2, 0.25) is 0 Å². The maximum Gasteiger partial charge on any atom is 0.264 e. The molecule has 1 atom stereocenters. The van der Waals surface area contributed by atoms with E-state index in [4.69, 9.17) is 0 Å². The van der Waals surface area contributed by atoms with Gasteiger partial charge in [-0.25, -0.2) is 8.42 Å². The van der Waals surface area contributed by atoms with Crippen LogP contribution in [0.5, 0.6) is 0 Å². The minimum absolute atomic E-state index is 0.0968. The third-order valence-corrected chi connectivity index (χ3v) is 10.3. The highest BCUT2D eigenvalue weighted by Gasteiger charge is 2.34. The molecule has 0 saturated heterocycles. The number of hydrogen-bond donors (Lipinski definition) is 1. The van der Waals surface area contributed by atoms with Crippen LogP contribution in [0.1, 0.15) is 87.5 Å². The number of benzene rings is 3. The Morgan fingerprint density at radius 1 is 0.841 bits per heavy atom. The van der Waals surface area contributed by atoms with Gasteiger partial charge in [0.25, 0.3) is 10.0 Å². The highest BCUT2D eigenvalue weighted by atomic mass is 32.2. The average molecular weight is 618 g/mol. The second-order valence-corrected chi connectivity index (χ2v) is 14.2. The van der Waals surface area contributed by atoms with E-state index in [9.17, 15) is 18.0 Å². The van der Waals surface area contributed by atoms with Crippen molar-refractivity contribution in [1.29, 1.82) is 0 Å². The summed E-state index contributed by atoms with van der Waals surface area (Å²) in [4.78, 5) is 29.7. The van der Waals surface area contributed by atoms with E-state index in [0.717, 1.165) is 47.9 Å². The summed E-state index contributed by atoms with van der Waals surface area (Å²) in [5.74, 6) is -0.347. The lowest BCUT2D eigenvalue weighted by Crippen LogP contribution is -2.54. The van der Waals surface area contributed by atoms with Gasteiger partial charge in [-0.05, 0) is 74.4 Å². The minimum Gasteiger partial charge on any atom is -0.352 e. The number of sulfonamides is 1. The van der Waals surface area contributed by atoms with Crippen LogP contribution in [0.25, 0.3) is 0 Å². The van der Waals surface area contributed by atoms with Crippen LogP contribution in [0.4, 0.5) is 5.69 Å². The molecular formula is C36H47N3O4S. The van der Waals surface area contributed by atoms with Gasteiger partial charge in [0.1, 0.15) is 12.6 Å². The Kier molecular flexibility index (Phi) is 11.2. The number of nitrogens with one attached hydrogen (secondary N) is 1. The van der Waals surface area contributed by atoms with E-state index < -0.39 is 28.5 Å². The molecule has 2 amide bonds. The molecule has 0 aliphatic heterocycles. The summed E-state index contributed by atoms with van der Waals surface area (Å²) in [6.45, 7) is 9.70. The molecule has 1 fully saturated rings. The molecule has 3 aromatic rings. The Bertz CT molecular complexity index is 1490. The molecule has 8 heteroatoms. The highest BCUT2D eigenvalue weighted by Crippen LogP contribution is 2.27. The van der Waals surface area contributed by atoms with Crippen molar-refractivity contribution in [2.24, 2.45) is 0 Å². The summed E-state index contributed by atoms with van der Waals surface area (Å²) in [7, 11) is -4.10. The molecule has 1 aliphatic rings. The molecule has 3 aromatic carbocycles. The lowest BCUT2D eigenvalue weighted by molar-refractivity contribution is -0.140. The summed E-state index contributed by atoms with van der Waals surface area (Å²) >= 11 is 0. The number of carbonyl (C=O) groups is 2. The first kappa shape index (κ1) is 33.2. The van der Waals surface area contributed by atoms with Gasteiger partial charge in [-0.2, -0.15) is 0 Å². The van der Waals surface area contributed by atoms with Crippen LogP contribution in [-0.2, 0) is 26.2 Å². The number of aryl methyl sites for hydroxylation is 2. The van der Waals surface area contributed by atoms with Crippen molar-refractivity contribution < 1.29 is 18.0 Å². The third-order valence-electron chi connectivity index (χ3n) is 8.55. The Balaban J connectivity index is 1.71.